The van der Waals surface area contributed by atoms with E-state index in [1.165, 1.54) is 5.56 Å². The molecule has 0 aliphatic heterocycles. The van der Waals surface area contributed by atoms with E-state index in [9.17, 15) is 4.79 Å². The van der Waals surface area contributed by atoms with Crippen LogP contribution in [0.3, 0.4) is 0 Å². The number of carbonyl (C=O) groups excluding carboxylic acids is 1. The number of benzene rings is 1. The molecule has 110 valence electrons. The van der Waals surface area contributed by atoms with Crippen molar-refractivity contribution in [2.45, 2.75) is 25.3 Å². The minimum absolute atomic E-state index is 0.0252. The van der Waals surface area contributed by atoms with Gasteiger partial charge in [0.25, 0.3) is 0 Å². The molecule has 0 spiro atoms. The van der Waals surface area contributed by atoms with Gasteiger partial charge in [0.05, 0.1) is 19.3 Å². The maximum absolute atomic E-state index is 12.3. The molecule has 3 rings (SSSR count). The van der Waals surface area contributed by atoms with E-state index >= 15 is 0 Å². The van der Waals surface area contributed by atoms with Gasteiger partial charge in [0.1, 0.15) is 5.75 Å². The van der Waals surface area contributed by atoms with Gasteiger partial charge in [0, 0.05) is 17.7 Å². The normalized spacial score (nSPS) is 21.6. The number of hydrogen-bond donors (Lipinski definition) is 2. The fourth-order valence-corrected chi connectivity index (χ4v) is 2.63. The Bertz CT molecular complexity index is 624. The van der Waals surface area contributed by atoms with Crippen molar-refractivity contribution < 1.29 is 9.53 Å². The van der Waals surface area contributed by atoms with E-state index in [-0.39, 0.29) is 17.9 Å². The first kappa shape index (κ1) is 13.7. The van der Waals surface area contributed by atoms with Crippen LogP contribution in [-0.2, 0) is 4.79 Å². The summed E-state index contributed by atoms with van der Waals surface area (Å²) in [5, 5.41) is 9.71. The van der Waals surface area contributed by atoms with Crippen molar-refractivity contribution in [2.24, 2.45) is 5.92 Å². The number of aromatic amines is 1. The van der Waals surface area contributed by atoms with Crippen molar-refractivity contribution in [3.63, 3.8) is 0 Å². The second-order valence-corrected chi connectivity index (χ2v) is 5.49. The highest BCUT2D eigenvalue weighted by atomic mass is 16.5. The van der Waals surface area contributed by atoms with Gasteiger partial charge in [-0.25, -0.2) is 0 Å². The molecule has 1 saturated carbocycles. The molecule has 5 nitrogen and oxygen atoms in total. The van der Waals surface area contributed by atoms with Crippen LogP contribution in [0.25, 0.3) is 0 Å². The molecule has 1 heterocycles. The van der Waals surface area contributed by atoms with Crippen LogP contribution in [0.1, 0.15) is 36.4 Å². The number of aromatic nitrogens is 2. The molecule has 2 aromatic rings. The Morgan fingerprint density at radius 2 is 2.38 bits per heavy atom. The monoisotopic (exact) mass is 285 g/mol. The van der Waals surface area contributed by atoms with Crippen molar-refractivity contribution in [1.29, 1.82) is 0 Å². The minimum Gasteiger partial charge on any atom is -0.497 e. The van der Waals surface area contributed by atoms with Crippen LogP contribution in [-0.4, -0.2) is 23.2 Å². The molecule has 1 aliphatic carbocycles. The Kier molecular flexibility index (Phi) is 3.64. The summed E-state index contributed by atoms with van der Waals surface area (Å²) >= 11 is 0. The van der Waals surface area contributed by atoms with Crippen molar-refractivity contribution in [3.8, 4) is 5.75 Å². The maximum Gasteiger partial charge on any atom is 0.224 e. The first-order chi connectivity index (χ1) is 10.2. The van der Waals surface area contributed by atoms with Crippen LogP contribution < -0.4 is 10.1 Å². The lowest BCUT2D eigenvalue weighted by Crippen LogP contribution is -2.28. The minimum atomic E-state index is -0.0252. The van der Waals surface area contributed by atoms with Gasteiger partial charge < -0.3 is 10.1 Å². The summed E-state index contributed by atoms with van der Waals surface area (Å²) in [4.78, 5) is 12.3. The molecule has 2 N–H and O–H groups in total. The number of amides is 1. The molecule has 3 atom stereocenters. The van der Waals surface area contributed by atoms with Crippen LogP contribution in [0.5, 0.6) is 5.75 Å². The molecule has 21 heavy (non-hydrogen) atoms. The fraction of sp³-hybridized carbons (Fsp3) is 0.375. The van der Waals surface area contributed by atoms with Crippen molar-refractivity contribution in [2.75, 3.05) is 7.11 Å². The highest BCUT2D eigenvalue weighted by Crippen LogP contribution is 2.48. The van der Waals surface area contributed by atoms with Crippen molar-refractivity contribution >= 4 is 5.91 Å². The van der Waals surface area contributed by atoms with Gasteiger partial charge >= 0.3 is 0 Å². The SMILES string of the molecule is COc1cccc([C@H]2C[C@@H]2C(=O)NC(C)c2cn[nH]c2)c1. The molecule has 1 amide bonds. The molecule has 1 aromatic heterocycles. The van der Waals surface area contributed by atoms with Gasteiger partial charge in [-0.2, -0.15) is 5.10 Å². The lowest BCUT2D eigenvalue weighted by molar-refractivity contribution is -0.123. The Morgan fingerprint density at radius 3 is 3.10 bits per heavy atom. The third-order valence-electron chi connectivity index (χ3n) is 4.03. The number of nitrogens with zero attached hydrogens (tertiary/aromatic N) is 1. The predicted octanol–water partition coefficient (Wildman–Crippen LogP) is 2.40. The van der Waals surface area contributed by atoms with Gasteiger partial charge in [0.2, 0.25) is 5.91 Å². The number of methoxy groups -OCH3 is 1. The molecule has 1 aromatic carbocycles. The zero-order valence-electron chi connectivity index (χ0n) is 12.2. The first-order valence-corrected chi connectivity index (χ1v) is 7.12. The van der Waals surface area contributed by atoms with Crippen LogP contribution in [0, 0.1) is 5.92 Å². The summed E-state index contributed by atoms with van der Waals surface area (Å²) in [6.45, 7) is 1.96. The highest BCUT2D eigenvalue weighted by Gasteiger charge is 2.44. The van der Waals surface area contributed by atoms with Crippen molar-refractivity contribution in [1.82, 2.24) is 15.5 Å². The quantitative estimate of drug-likeness (QED) is 0.886. The van der Waals surface area contributed by atoms with Crippen LogP contribution >= 0.6 is 0 Å². The third-order valence-corrected chi connectivity index (χ3v) is 4.03. The van der Waals surface area contributed by atoms with Gasteiger partial charge in [-0.1, -0.05) is 12.1 Å². The zero-order valence-corrected chi connectivity index (χ0v) is 12.2. The summed E-state index contributed by atoms with van der Waals surface area (Å²) < 4.78 is 5.23. The third kappa shape index (κ3) is 2.91. The summed E-state index contributed by atoms with van der Waals surface area (Å²) in [6, 6.07) is 7.93. The highest BCUT2D eigenvalue weighted by molar-refractivity contribution is 5.83. The topological polar surface area (TPSA) is 67.0 Å². The number of ether oxygens (including phenoxy) is 1. The second-order valence-electron chi connectivity index (χ2n) is 5.49. The molecule has 0 radical (unpaired) electrons. The lowest BCUT2D eigenvalue weighted by atomic mass is 10.1. The lowest BCUT2D eigenvalue weighted by Gasteiger charge is -2.12. The van der Waals surface area contributed by atoms with Crippen LogP contribution in [0.4, 0.5) is 0 Å². The van der Waals surface area contributed by atoms with E-state index in [2.05, 4.69) is 21.6 Å². The smallest absolute Gasteiger partial charge is 0.224 e. The van der Waals surface area contributed by atoms with Crippen molar-refractivity contribution in [3.05, 3.63) is 47.8 Å². The van der Waals surface area contributed by atoms with Gasteiger partial charge in [-0.3, -0.25) is 9.89 Å². The molecule has 0 bridgehead atoms. The standard InChI is InChI=1S/C16H19N3O2/c1-10(12-8-17-18-9-12)19-16(20)15-7-14(15)11-4-3-5-13(6-11)21-2/h3-6,8-10,14-15H,7H2,1-2H3,(H,17,18)(H,19,20)/t10?,14-,15+/m1/s1. The van der Waals surface area contributed by atoms with Gasteiger partial charge in [0.15, 0.2) is 0 Å². The maximum atomic E-state index is 12.3. The average Bonchev–Trinajstić information content (AvgIpc) is 3.12. The largest absolute Gasteiger partial charge is 0.497 e. The second kappa shape index (κ2) is 5.60. The number of nitrogens with one attached hydrogen (secondary N) is 2. The Balaban J connectivity index is 1.60. The fourth-order valence-electron chi connectivity index (χ4n) is 2.63. The van der Waals surface area contributed by atoms with Crippen LogP contribution in [0.2, 0.25) is 0 Å². The average molecular weight is 285 g/mol. The summed E-state index contributed by atoms with van der Waals surface area (Å²) in [7, 11) is 1.66. The molecule has 0 saturated heterocycles. The van der Waals surface area contributed by atoms with E-state index in [0.717, 1.165) is 17.7 Å². The van der Waals surface area contributed by atoms with Crippen LogP contribution in [0.15, 0.2) is 36.7 Å². The van der Waals surface area contributed by atoms with E-state index in [1.807, 2.05) is 25.1 Å². The summed E-state index contributed by atoms with van der Waals surface area (Å²) in [6.07, 6.45) is 4.44. The molecular weight excluding hydrogens is 266 g/mol. The number of hydrogen-bond acceptors (Lipinski definition) is 3. The molecule has 1 aliphatic rings. The summed E-state index contributed by atoms with van der Waals surface area (Å²) in [5.74, 6) is 1.31. The van der Waals surface area contributed by atoms with E-state index in [1.54, 1.807) is 19.5 Å². The molecular formula is C16H19N3O2. The molecule has 5 heteroatoms. The predicted molar refractivity (Wildman–Crippen MR) is 79.0 cm³/mol. The van der Waals surface area contributed by atoms with Gasteiger partial charge in [-0.15, -0.1) is 0 Å². The van der Waals surface area contributed by atoms with E-state index in [0.29, 0.717) is 5.92 Å². The summed E-state index contributed by atoms with van der Waals surface area (Å²) in [5.41, 5.74) is 2.16. The zero-order chi connectivity index (χ0) is 14.8. The Labute approximate surface area is 123 Å². The number of H-pyrrole nitrogens is 1. The van der Waals surface area contributed by atoms with Gasteiger partial charge in [-0.05, 0) is 37.0 Å². The Hall–Kier alpha value is -2.30. The number of carbonyl (C=O) groups is 1. The number of rotatable bonds is 5. The Morgan fingerprint density at radius 1 is 1.52 bits per heavy atom. The molecule has 1 unspecified atom stereocenters. The van der Waals surface area contributed by atoms with E-state index in [4.69, 9.17) is 4.74 Å². The van der Waals surface area contributed by atoms with E-state index < -0.39 is 0 Å². The first-order valence-electron chi connectivity index (χ1n) is 7.12. The molecule has 1 fully saturated rings.